The summed E-state index contributed by atoms with van der Waals surface area (Å²) in [7, 11) is 0. The van der Waals surface area contributed by atoms with Crippen molar-refractivity contribution in [2.75, 3.05) is 5.32 Å². The molecule has 0 radical (unpaired) electrons. The fourth-order valence-electron chi connectivity index (χ4n) is 1.86. The highest BCUT2D eigenvalue weighted by atomic mass is 79.9. The summed E-state index contributed by atoms with van der Waals surface area (Å²) in [5, 5.41) is 3.52. The molecular formula is C12H15BrN2S. The number of nitrogens with one attached hydrogen (secondary N) is 1. The Morgan fingerprint density at radius 2 is 2.38 bits per heavy atom. The molecule has 16 heavy (non-hydrogen) atoms. The third-order valence-corrected chi connectivity index (χ3v) is 3.93. The Balaban J connectivity index is 2.08. The molecule has 2 unspecified atom stereocenters. The van der Waals surface area contributed by atoms with Crippen LogP contribution < -0.4 is 11.1 Å². The summed E-state index contributed by atoms with van der Waals surface area (Å²) in [6.45, 7) is 2.23. The maximum absolute atomic E-state index is 5.58. The molecule has 86 valence electrons. The minimum Gasteiger partial charge on any atom is -0.389 e. The van der Waals surface area contributed by atoms with Crippen molar-refractivity contribution in [2.24, 2.45) is 11.7 Å². The second-order valence-electron chi connectivity index (χ2n) is 4.21. The van der Waals surface area contributed by atoms with Crippen molar-refractivity contribution in [3.8, 4) is 0 Å². The highest BCUT2D eigenvalue weighted by molar-refractivity contribution is 9.10. The van der Waals surface area contributed by atoms with Crippen molar-refractivity contribution in [1.82, 2.24) is 0 Å². The van der Waals surface area contributed by atoms with Gasteiger partial charge in [0.05, 0.1) is 0 Å². The Labute approximate surface area is 110 Å². The van der Waals surface area contributed by atoms with Crippen molar-refractivity contribution in [3.05, 3.63) is 28.2 Å². The van der Waals surface area contributed by atoms with Gasteiger partial charge in [0.2, 0.25) is 0 Å². The van der Waals surface area contributed by atoms with Crippen LogP contribution in [0.3, 0.4) is 0 Å². The number of benzene rings is 1. The van der Waals surface area contributed by atoms with Gasteiger partial charge in [0.25, 0.3) is 0 Å². The van der Waals surface area contributed by atoms with Crippen LogP contribution in [0.15, 0.2) is 22.7 Å². The maximum atomic E-state index is 5.58. The van der Waals surface area contributed by atoms with E-state index in [4.69, 9.17) is 18.0 Å². The SMILES string of the molecule is CCC1CC1Nc1ccc(C(N)=S)cc1Br. The summed E-state index contributed by atoms with van der Waals surface area (Å²) in [5.41, 5.74) is 7.60. The normalized spacial score (nSPS) is 22.9. The minimum atomic E-state index is 0.435. The Morgan fingerprint density at radius 3 is 2.88 bits per heavy atom. The molecule has 2 atom stereocenters. The van der Waals surface area contributed by atoms with Gasteiger partial charge < -0.3 is 11.1 Å². The lowest BCUT2D eigenvalue weighted by atomic mass is 10.2. The molecule has 0 aromatic heterocycles. The summed E-state index contributed by atoms with van der Waals surface area (Å²) in [6.07, 6.45) is 2.53. The van der Waals surface area contributed by atoms with Crippen molar-refractivity contribution in [2.45, 2.75) is 25.8 Å². The standard InChI is InChI=1S/C12H15BrN2S/c1-2-7-6-11(7)15-10-4-3-8(12(14)16)5-9(10)13/h3-5,7,11,15H,2,6H2,1H3,(H2,14,16). The average molecular weight is 299 g/mol. The summed E-state index contributed by atoms with van der Waals surface area (Å²) in [6, 6.07) is 6.59. The van der Waals surface area contributed by atoms with Gasteiger partial charge in [0.15, 0.2) is 0 Å². The van der Waals surface area contributed by atoms with E-state index in [9.17, 15) is 0 Å². The molecule has 1 aromatic carbocycles. The molecule has 0 heterocycles. The molecule has 1 fully saturated rings. The fraction of sp³-hybridized carbons (Fsp3) is 0.417. The molecule has 0 aliphatic heterocycles. The number of hydrogen-bond acceptors (Lipinski definition) is 2. The summed E-state index contributed by atoms with van der Waals surface area (Å²) in [5.74, 6) is 0.835. The Kier molecular flexibility index (Phi) is 3.50. The molecule has 0 saturated heterocycles. The summed E-state index contributed by atoms with van der Waals surface area (Å²) >= 11 is 8.47. The zero-order valence-corrected chi connectivity index (χ0v) is 11.6. The summed E-state index contributed by atoms with van der Waals surface area (Å²) < 4.78 is 1.03. The number of anilines is 1. The number of thiocarbonyl (C=S) groups is 1. The van der Waals surface area contributed by atoms with Crippen molar-refractivity contribution in [3.63, 3.8) is 0 Å². The number of nitrogens with two attached hydrogens (primary N) is 1. The van der Waals surface area contributed by atoms with Gasteiger partial charge in [-0.05, 0) is 46.5 Å². The monoisotopic (exact) mass is 298 g/mol. The second-order valence-corrected chi connectivity index (χ2v) is 5.51. The highest BCUT2D eigenvalue weighted by Crippen LogP contribution is 2.37. The smallest absolute Gasteiger partial charge is 0.104 e. The largest absolute Gasteiger partial charge is 0.389 e. The average Bonchev–Trinajstić information content (AvgIpc) is 2.99. The van der Waals surface area contributed by atoms with Crippen molar-refractivity contribution in [1.29, 1.82) is 0 Å². The van der Waals surface area contributed by atoms with Crippen LogP contribution in [-0.2, 0) is 0 Å². The van der Waals surface area contributed by atoms with Gasteiger partial charge in [-0.25, -0.2) is 0 Å². The van der Waals surface area contributed by atoms with Crippen LogP contribution in [0.2, 0.25) is 0 Å². The molecule has 1 aliphatic carbocycles. The number of halogens is 1. The van der Waals surface area contributed by atoms with E-state index in [1.54, 1.807) is 0 Å². The molecule has 1 aromatic rings. The van der Waals surface area contributed by atoms with Gasteiger partial charge >= 0.3 is 0 Å². The Hall–Kier alpha value is -0.610. The topological polar surface area (TPSA) is 38.0 Å². The second kappa shape index (κ2) is 4.72. The van der Waals surface area contributed by atoms with Crippen LogP contribution in [0.25, 0.3) is 0 Å². The van der Waals surface area contributed by atoms with E-state index in [2.05, 4.69) is 28.2 Å². The van der Waals surface area contributed by atoms with Gasteiger partial charge in [0, 0.05) is 21.8 Å². The Bertz CT molecular complexity index is 419. The van der Waals surface area contributed by atoms with Gasteiger partial charge in [-0.2, -0.15) is 0 Å². The molecule has 4 heteroatoms. The molecule has 2 nitrogen and oxygen atoms in total. The van der Waals surface area contributed by atoms with E-state index < -0.39 is 0 Å². The zero-order valence-electron chi connectivity index (χ0n) is 9.16. The quantitative estimate of drug-likeness (QED) is 0.838. The minimum absolute atomic E-state index is 0.435. The third-order valence-electron chi connectivity index (χ3n) is 3.04. The predicted octanol–water partition coefficient (Wildman–Crippen LogP) is 3.29. The first kappa shape index (κ1) is 11.9. The van der Waals surface area contributed by atoms with E-state index in [1.165, 1.54) is 12.8 Å². The number of rotatable bonds is 4. The van der Waals surface area contributed by atoms with Gasteiger partial charge in [-0.15, -0.1) is 0 Å². The first-order chi connectivity index (χ1) is 7.61. The lowest BCUT2D eigenvalue weighted by Gasteiger charge is -2.09. The highest BCUT2D eigenvalue weighted by Gasteiger charge is 2.35. The van der Waals surface area contributed by atoms with Crippen LogP contribution >= 0.6 is 28.1 Å². The third kappa shape index (κ3) is 2.55. The molecule has 2 rings (SSSR count). The van der Waals surface area contributed by atoms with Crippen LogP contribution in [0.1, 0.15) is 25.3 Å². The maximum Gasteiger partial charge on any atom is 0.104 e. The van der Waals surface area contributed by atoms with Crippen LogP contribution in [0, 0.1) is 5.92 Å². The molecular weight excluding hydrogens is 284 g/mol. The predicted molar refractivity (Wildman–Crippen MR) is 75.8 cm³/mol. The van der Waals surface area contributed by atoms with Crippen LogP contribution in [0.4, 0.5) is 5.69 Å². The number of hydrogen-bond donors (Lipinski definition) is 2. The van der Waals surface area contributed by atoms with Crippen LogP contribution in [0.5, 0.6) is 0 Å². The van der Waals surface area contributed by atoms with Gasteiger partial charge in [0.1, 0.15) is 4.99 Å². The molecule has 3 N–H and O–H groups in total. The fourth-order valence-corrected chi connectivity index (χ4v) is 2.48. The lowest BCUT2D eigenvalue weighted by Crippen LogP contribution is -2.10. The first-order valence-electron chi connectivity index (χ1n) is 5.47. The lowest BCUT2D eigenvalue weighted by molar-refractivity contribution is 0.774. The Morgan fingerprint density at radius 1 is 1.62 bits per heavy atom. The van der Waals surface area contributed by atoms with Crippen molar-refractivity contribution < 1.29 is 0 Å². The first-order valence-corrected chi connectivity index (χ1v) is 6.67. The molecule has 0 spiro atoms. The molecule has 0 bridgehead atoms. The van der Waals surface area contributed by atoms with Crippen molar-refractivity contribution >= 4 is 38.8 Å². The van der Waals surface area contributed by atoms with E-state index in [-0.39, 0.29) is 0 Å². The molecule has 1 aliphatic rings. The summed E-state index contributed by atoms with van der Waals surface area (Å²) in [4.78, 5) is 0.435. The van der Waals surface area contributed by atoms with Gasteiger partial charge in [-0.1, -0.05) is 25.6 Å². The zero-order chi connectivity index (χ0) is 11.7. The van der Waals surface area contributed by atoms with E-state index in [0.29, 0.717) is 11.0 Å². The van der Waals surface area contributed by atoms with Crippen LogP contribution in [-0.4, -0.2) is 11.0 Å². The van der Waals surface area contributed by atoms with Gasteiger partial charge in [-0.3, -0.25) is 0 Å². The molecule has 0 amide bonds. The van der Waals surface area contributed by atoms with E-state index in [1.807, 2.05) is 18.2 Å². The van der Waals surface area contributed by atoms with E-state index >= 15 is 0 Å². The molecule has 1 saturated carbocycles. The van der Waals surface area contributed by atoms with E-state index in [0.717, 1.165) is 21.6 Å².